The van der Waals surface area contributed by atoms with E-state index in [1.165, 1.54) is 0 Å². The predicted molar refractivity (Wildman–Crippen MR) is 70.1 cm³/mol. The van der Waals surface area contributed by atoms with Gasteiger partial charge in [0.15, 0.2) is 0 Å². The molecule has 2 N–H and O–H groups in total. The lowest BCUT2D eigenvalue weighted by Crippen LogP contribution is -2.59. The summed E-state index contributed by atoms with van der Waals surface area (Å²) < 4.78 is 3.71. The molecule has 0 radical (unpaired) electrons. The number of nitrogens with zero attached hydrogens (tertiary/aromatic N) is 2. The van der Waals surface area contributed by atoms with Crippen molar-refractivity contribution in [1.82, 2.24) is 14.9 Å². The van der Waals surface area contributed by atoms with Gasteiger partial charge in [0.1, 0.15) is 10.4 Å². The van der Waals surface area contributed by atoms with Gasteiger partial charge in [-0.2, -0.15) is 0 Å². The Labute approximate surface area is 115 Å². The zero-order valence-electron chi connectivity index (χ0n) is 11.0. The molecular formula is C12H17N3O3S. The number of aryl methyl sites for hydroxylation is 1. The standard InChI is InChI=1S/C12H17N3O3S/c1-7-5-3-4-6-12(7,11(17)18)13-10(16)9-8(2)14-15-19-9/h7H,3-6H2,1-2H3,(H,13,16)(H,17,18). The van der Waals surface area contributed by atoms with Crippen molar-refractivity contribution in [3.05, 3.63) is 10.6 Å². The molecule has 0 saturated heterocycles. The lowest BCUT2D eigenvalue weighted by molar-refractivity contribution is -0.148. The van der Waals surface area contributed by atoms with Crippen molar-refractivity contribution in [1.29, 1.82) is 0 Å². The van der Waals surface area contributed by atoms with Crippen LogP contribution in [0, 0.1) is 12.8 Å². The lowest BCUT2D eigenvalue weighted by Gasteiger charge is -2.39. The number of hydrogen-bond acceptors (Lipinski definition) is 5. The molecule has 0 bridgehead atoms. The zero-order valence-corrected chi connectivity index (χ0v) is 11.8. The second kappa shape index (κ2) is 5.24. The first kappa shape index (κ1) is 13.9. The highest BCUT2D eigenvalue weighted by Crippen LogP contribution is 2.34. The average Bonchev–Trinajstić information content (AvgIpc) is 2.78. The highest BCUT2D eigenvalue weighted by molar-refractivity contribution is 7.08. The van der Waals surface area contributed by atoms with Crippen LogP contribution in [0.15, 0.2) is 0 Å². The molecule has 1 heterocycles. The summed E-state index contributed by atoms with van der Waals surface area (Å²) >= 11 is 0.992. The summed E-state index contributed by atoms with van der Waals surface area (Å²) in [6, 6.07) is 0. The average molecular weight is 283 g/mol. The minimum atomic E-state index is -1.16. The van der Waals surface area contributed by atoms with E-state index < -0.39 is 11.5 Å². The van der Waals surface area contributed by atoms with Gasteiger partial charge in [0, 0.05) is 0 Å². The third kappa shape index (κ3) is 2.47. The molecule has 19 heavy (non-hydrogen) atoms. The van der Waals surface area contributed by atoms with Gasteiger partial charge in [-0.1, -0.05) is 24.3 Å². The highest BCUT2D eigenvalue weighted by atomic mass is 32.1. The number of rotatable bonds is 3. The number of carbonyl (C=O) groups excluding carboxylic acids is 1. The second-order valence-electron chi connectivity index (χ2n) is 5.06. The summed E-state index contributed by atoms with van der Waals surface area (Å²) in [6.45, 7) is 3.57. The van der Waals surface area contributed by atoms with Crippen LogP contribution in [-0.2, 0) is 4.79 Å². The third-order valence-corrected chi connectivity index (χ3v) is 4.70. The lowest BCUT2D eigenvalue weighted by atomic mass is 9.73. The number of hydrogen-bond donors (Lipinski definition) is 2. The molecule has 6 nitrogen and oxygen atoms in total. The van der Waals surface area contributed by atoms with Crippen molar-refractivity contribution in [2.45, 2.75) is 45.1 Å². The first-order chi connectivity index (χ1) is 8.97. The van der Waals surface area contributed by atoms with Crippen molar-refractivity contribution in [2.24, 2.45) is 5.92 Å². The normalized spacial score (nSPS) is 26.9. The maximum absolute atomic E-state index is 12.2. The minimum Gasteiger partial charge on any atom is -0.479 e. The molecule has 1 aliphatic carbocycles. The van der Waals surface area contributed by atoms with E-state index in [0.29, 0.717) is 17.0 Å². The first-order valence-corrected chi connectivity index (χ1v) is 7.09. The fourth-order valence-corrected chi connectivity index (χ4v) is 3.15. The zero-order chi connectivity index (χ0) is 14.0. The summed E-state index contributed by atoms with van der Waals surface area (Å²) in [5.74, 6) is -1.42. The summed E-state index contributed by atoms with van der Waals surface area (Å²) in [5, 5.41) is 16.0. The van der Waals surface area contributed by atoms with Crippen LogP contribution in [0.1, 0.15) is 48.0 Å². The van der Waals surface area contributed by atoms with E-state index in [4.69, 9.17) is 0 Å². The first-order valence-electron chi connectivity index (χ1n) is 6.32. The molecule has 0 aliphatic heterocycles. The summed E-state index contributed by atoms with van der Waals surface area (Å²) in [6.07, 6.45) is 3.11. The number of aliphatic carboxylic acids is 1. The van der Waals surface area contributed by atoms with E-state index >= 15 is 0 Å². The largest absolute Gasteiger partial charge is 0.479 e. The smallest absolute Gasteiger partial charge is 0.329 e. The van der Waals surface area contributed by atoms with E-state index in [0.717, 1.165) is 30.8 Å². The predicted octanol–water partition coefficient (Wildman–Crippen LogP) is 1.61. The molecular weight excluding hydrogens is 266 g/mol. The summed E-state index contributed by atoms with van der Waals surface area (Å²) in [7, 11) is 0. The number of carbonyl (C=O) groups is 2. The summed E-state index contributed by atoms with van der Waals surface area (Å²) in [5.41, 5.74) is -0.627. The molecule has 2 unspecified atom stereocenters. The van der Waals surface area contributed by atoms with E-state index in [1.807, 2.05) is 6.92 Å². The molecule has 1 aliphatic rings. The van der Waals surface area contributed by atoms with Crippen molar-refractivity contribution in [3.63, 3.8) is 0 Å². The monoisotopic (exact) mass is 283 g/mol. The Balaban J connectivity index is 2.24. The molecule has 0 aromatic carbocycles. The topological polar surface area (TPSA) is 92.2 Å². The van der Waals surface area contributed by atoms with E-state index in [1.54, 1.807) is 6.92 Å². The Kier molecular flexibility index (Phi) is 3.84. The molecule has 1 aromatic rings. The Bertz CT molecular complexity index is 502. The van der Waals surface area contributed by atoms with Gasteiger partial charge in [0.25, 0.3) is 5.91 Å². The number of carboxylic acids is 1. The summed E-state index contributed by atoms with van der Waals surface area (Å²) in [4.78, 5) is 24.2. The molecule has 1 aromatic heterocycles. The number of nitrogens with one attached hydrogen (secondary N) is 1. The minimum absolute atomic E-state index is 0.0797. The molecule has 2 rings (SSSR count). The molecule has 104 valence electrons. The Hall–Kier alpha value is -1.50. The van der Waals surface area contributed by atoms with Gasteiger partial charge in [-0.05, 0) is 37.2 Å². The quantitative estimate of drug-likeness (QED) is 0.879. The van der Waals surface area contributed by atoms with Crippen LogP contribution < -0.4 is 5.32 Å². The Morgan fingerprint density at radius 1 is 1.47 bits per heavy atom. The Morgan fingerprint density at radius 2 is 2.21 bits per heavy atom. The second-order valence-corrected chi connectivity index (χ2v) is 5.82. The van der Waals surface area contributed by atoms with Gasteiger partial charge in [-0.3, -0.25) is 4.79 Å². The van der Waals surface area contributed by atoms with E-state index in [2.05, 4.69) is 14.9 Å². The maximum Gasteiger partial charge on any atom is 0.329 e. The third-order valence-electron chi connectivity index (χ3n) is 3.88. The molecule has 1 saturated carbocycles. The Morgan fingerprint density at radius 3 is 2.74 bits per heavy atom. The SMILES string of the molecule is Cc1nnsc1C(=O)NC1(C(=O)O)CCCCC1C. The van der Waals surface area contributed by atoms with Gasteiger partial charge >= 0.3 is 5.97 Å². The van der Waals surface area contributed by atoms with Gasteiger partial charge < -0.3 is 10.4 Å². The van der Waals surface area contributed by atoms with Crippen LogP contribution in [0.4, 0.5) is 0 Å². The maximum atomic E-state index is 12.2. The van der Waals surface area contributed by atoms with Crippen molar-refractivity contribution in [3.8, 4) is 0 Å². The fraction of sp³-hybridized carbons (Fsp3) is 0.667. The van der Waals surface area contributed by atoms with Crippen molar-refractivity contribution in [2.75, 3.05) is 0 Å². The van der Waals surface area contributed by atoms with E-state index in [-0.39, 0.29) is 11.8 Å². The van der Waals surface area contributed by atoms with E-state index in [9.17, 15) is 14.7 Å². The van der Waals surface area contributed by atoms with Gasteiger partial charge in [0.05, 0.1) is 5.69 Å². The molecule has 7 heteroatoms. The van der Waals surface area contributed by atoms with Crippen LogP contribution in [0.5, 0.6) is 0 Å². The number of carboxylic acid groups (broad SMARTS) is 1. The molecule has 2 atom stereocenters. The number of amides is 1. The van der Waals surface area contributed by atoms with Gasteiger partial charge in [-0.25, -0.2) is 4.79 Å². The van der Waals surface area contributed by atoms with Crippen LogP contribution in [-0.4, -0.2) is 32.1 Å². The fourth-order valence-electron chi connectivity index (χ4n) is 2.60. The molecule has 1 fully saturated rings. The van der Waals surface area contributed by atoms with Crippen LogP contribution in [0.3, 0.4) is 0 Å². The van der Waals surface area contributed by atoms with Crippen molar-refractivity contribution < 1.29 is 14.7 Å². The highest BCUT2D eigenvalue weighted by Gasteiger charge is 2.46. The van der Waals surface area contributed by atoms with Crippen LogP contribution in [0.2, 0.25) is 0 Å². The molecule has 0 spiro atoms. The number of aromatic nitrogens is 2. The van der Waals surface area contributed by atoms with Crippen molar-refractivity contribution >= 4 is 23.4 Å². The van der Waals surface area contributed by atoms with Crippen LogP contribution in [0.25, 0.3) is 0 Å². The molecule has 1 amide bonds. The van der Waals surface area contributed by atoms with Gasteiger partial charge in [-0.15, -0.1) is 5.10 Å². The van der Waals surface area contributed by atoms with Crippen LogP contribution >= 0.6 is 11.5 Å². The van der Waals surface area contributed by atoms with Gasteiger partial charge in [0.2, 0.25) is 0 Å².